The number of para-hydroxylation sites is 1. The lowest BCUT2D eigenvalue weighted by Gasteiger charge is -2.11. The van der Waals surface area contributed by atoms with Gasteiger partial charge in [-0.15, -0.1) is 0 Å². The van der Waals surface area contributed by atoms with Crippen LogP contribution in [-0.2, 0) is 13.1 Å². The molecule has 2 rings (SSSR count). The molecule has 0 amide bonds. The van der Waals surface area contributed by atoms with Crippen molar-refractivity contribution in [2.24, 2.45) is 4.99 Å². The largest absolute Gasteiger partial charge is 0.494 e. The van der Waals surface area contributed by atoms with Crippen LogP contribution in [-0.4, -0.2) is 19.1 Å². The fourth-order valence-corrected chi connectivity index (χ4v) is 2.02. The average Bonchev–Trinajstić information content (AvgIpc) is 3.05. The molecule has 0 aliphatic rings. The van der Waals surface area contributed by atoms with E-state index in [2.05, 4.69) is 15.6 Å². The van der Waals surface area contributed by atoms with Gasteiger partial charge in [-0.25, -0.2) is 4.99 Å². The van der Waals surface area contributed by atoms with E-state index in [0.29, 0.717) is 19.7 Å². The lowest BCUT2D eigenvalue weighted by molar-refractivity contribution is 0.336. The summed E-state index contributed by atoms with van der Waals surface area (Å²) in [6, 6.07) is 11.8. The lowest BCUT2D eigenvalue weighted by atomic mass is 10.2. The van der Waals surface area contributed by atoms with Gasteiger partial charge in [0.2, 0.25) is 0 Å². The Morgan fingerprint density at radius 1 is 1.14 bits per heavy atom. The molecule has 0 radical (unpaired) electrons. The van der Waals surface area contributed by atoms with Gasteiger partial charge in [-0.2, -0.15) is 0 Å². The Bertz CT molecular complexity index is 579. The number of aliphatic imine (C=N–C) groups is 1. The predicted octanol–water partition coefficient (Wildman–Crippen LogP) is 2.93. The highest BCUT2D eigenvalue weighted by Crippen LogP contribution is 2.18. The van der Waals surface area contributed by atoms with Crippen LogP contribution < -0.4 is 15.4 Å². The summed E-state index contributed by atoms with van der Waals surface area (Å²) in [6.45, 7) is 6.64. The normalized spacial score (nSPS) is 11.3. The third kappa shape index (κ3) is 4.84. The van der Waals surface area contributed by atoms with Crippen molar-refractivity contribution in [1.82, 2.24) is 10.6 Å². The highest BCUT2D eigenvalue weighted by atomic mass is 16.5. The second-order valence-corrected chi connectivity index (χ2v) is 4.67. The molecule has 0 bridgehead atoms. The smallest absolute Gasteiger partial charge is 0.191 e. The monoisotopic (exact) mass is 301 g/mol. The van der Waals surface area contributed by atoms with Crippen molar-refractivity contribution in [1.29, 1.82) is 0 Å². The minimum Gasteiger partial charge on any atom is -0.494 e. The summed E-state index contributed by atoms with van der Waals surface area (Å²) >= 11 is 0. The summed E-state index contributed by atoms with van der Waals surface area (Å²) in [7, 11) is 0. The number of rotatable bonds is 7. The van der Waals surface area contributed by atoms with Gasteiger partial charge in [-0.1, -0.05) is 18.2 Å². The molecule has 0 aliphatic heterocycles. The fourth-order valence-electron chi connectivity index (χ4n) is 2.02. The molecule has 5 nitrogen and oxygen atoms in total. The van der Waals surface area contributed by atoms with E-state index in [1.54, 1.807) is 6.26 Å². The average molecular weight is 301 g/mol. The molecular weight excluding hydrogens is 278 g/mol. The molecule has 0 spiro atoms. The highest BCUT2D eigenvalue weighted by Gasteiger charge is 2.03. The first-order valence-corrected chi connectivity index (χ1v) is 7.58. The Hall–Kier alpha value is -2.43. The molecule has 0 aliphatic carbocycles. The molecule has 0 saturated carbocycles. The van der Waals surface area contributed by atoms with Crippen LogP contribution in [0.4, 0.5) is 0 Å². The molecule has 0 fully saturated rings. The zero-order chi connectivity index (χ0) is 15.6. The van der Waals surface area contributed by atoms with E-state index >= 15 is 0 Å². The van der Waals surface area contributed by atoms with Crippen LogP contribution >= 0.6 is 0 Å². The molecule has 5 heteroatoms. The van der Waals surface area contributed by atoms with Crippen LogP contribution in [0.3, 0.4) is 0 Å². The molecule has 1 aromatic heterocycles. The SMILES string of the molecule is CCNC(=NCc1ccccc1OCC)NCc1ccco1. The van der Waals surface area contributed by atoms with Gasteiger partial charge >= 0.3 is 0 Å². The Morgan fingerprint density at radius 3 is 2.73 bits per heavy atom. The van der Waals surface area contributed by atoms with Crippen molar-refractivity contribution in [3.63, 3.8) is 0 Å². The van der Waals surface area contributed by atoms with E-state index in [-0.39, 0.29) is 0 Å². The molecule has 0 atom stereocenters. The molecule has 1 heterocycles. The maximum absolute atomic E-state index is 5.62. The van der Waals surface area contributed by atoms with Gasteiger partial charge in [0, 0.05) is 12.1 Å². The summed E-state index contributed by atoms with van der Waals surface area (Å²) in [6.07, 6.45) is 1.67. The maximum Gasteiger partial charge on any atom is 0.191 e. The molecule has 2 N–H and O–H groups in total. The summed E-state index contributed by atoms with van der Waals surface area (Å²) < 4.78 is 10.9. The standard InChI is InChI=1S/C17H23N3O2/c1-3-18-17(20-13-15-9-7-11-22-15)19-12-14-8-5-6-10-16(14)21-4-2/h5-11H,3-4,12-13H2,1-2H3,(H2,18,19,20). The second kappa shape index (κ2) is 8.77. The van der Waals surface area contributed by atoms with Crippen molar-refractivity contribution >= 4 is 5.96 Å². The Morgan fingerprint density at radius 2 is 2.00 bits per heavy atom. The number of furan rings is 1. The first kappa shape index (κ1) is 15.9. The van der Waals surface area contributed by atoms with Crippen LogP contribution in [0.25, 0.3) is 0 Å². The van der Waals surface area contributed by atoms with Crippen molar-refractivity contribution in [2.45, 2.75) is 26.9 Å². The number of nitrogens with one attached hydrogen (secondary N) is 2. The first-order chi connectivity index (χ1) is 10.8. The third-order valence-electron chi connectivity index (χ3n) is 3.03. The summed E-state index contributed by atoms with van der Waals surface area (Å²) in [5, 5.41) is 6.47. The molecule has 1 aromatic carbocycles. The van der Waals surface area contributed by atoms with E-state index in [9.17, 15) is 0 Å². The molecular formula is C17H23N3O2. The topological polar surface area (TPSA) is 58.8 Å². The summed E-state index contributed by atoms with van der Waals surface area (Å²) in [4.78, 5) is 4.60. The zero-order valence-corrected chi connectivity index (χ0v) is 13.1. The number of guanidine groups is 1. The third-order valence-corrected chi connectivity index (χ3v) is 3.03. The van der Waals surface area contributed by atoms with Gasteiger partial charge in [0.1, 0.15) is 11.5 Å². The quantitative estimate of drug-likeness (QED) is 0.610. The van der Waals surface area contributed by atoms with E-state index in [1.807, 2.05) is 50.2 Å². The number of nitrogens with zero attached hydrogens (tertiary/aromatic N) is 1. The zero-order valence-electron chi connectivity index (χ0n) is 13.1. The number of ether oxygens (including phenoxy) is 1. The number of hydrogen-bond donors (Lipinski definition) is 2. The van der Waals surface area contributed by atoms with Gasteiger partial charge in [-0.05, 0) is 32.0 Å². The second-order valence-electron chi connectivity index (χ2n) is 4.67. The van der Waals surface area contributed by atoms with Crippen molar-refractivity contribution < 1.29 is 9.15 Å². The highest BCUT2D eigenvalue weighted by molar-refractivity contribution is 5.79. The van der Waals surface area contributed by atoms with E-state index in [4.69, 9.17) is 9.15 Å². The van der Waals surface area contributed by atoms with E-state index in [0.717, 1.165) is 29.6 Å². The Labute approximate surface area is 131 Å². The summed E-state index contributed by atoms with van der Waals surface area (Å²) in [5.41, 5.74) is 1.07. The van der Waals surface area contributed by atoms with Crippen LogP contribution in [0.1, 0.15) is 25.2 Å². The van der Waals surface area contributed by atoms with Gasteiger partial charge in [-0.3, -0.25) is 0 Å². The summed E-state index contributed by atoms with van der Waals surface area (Å²) in [5.74, 6) is 2.51. The van der Waals surface area contributed by atoms with E-state index in [1.165, 1.54) is 0 Å². The van der Waals surface area contributed by atoms with Gasteiger partial charge < -0.3 is 19.8 Å². The lowest BCUT2D eigenvalue weighted by Crippen LogP contribution is -2.36. The van der Waals surface area contributed by atoms with Crippen LogP contribution in [0.15, 0.2) is 52.1 Å². The van der Waals surface area contributed by atoms with Crippen molar-refractivity contribution in [3.8, 4) is 5.75 Å². The Balaban J connectivity index is 2.00. The Kier molecular flexibility index (Phi) is 6.36. The van der Waals surface area contributed by atoms with Crippen LogP contribution in [0.2, 0.25) is 0 Å². The van der Waals surface area contributed by atoms with E-state index < -0.39 is 0 Å². The fraction of sp³-hybridized carbons (Fsp3) is 0.353. The minimum absolute atomic E-state index is 0.559. The van der Waals surface area contributed by atoms with Crippen LogP contribution in [0.5, 0.6) is 5.75 Å². The van der Waals surface area contributed by atoms with Crippen molar-refractivity contribution in [3.05, 3.63) is 54.0 Å². The van der Waals surface area contributed by atoms with Gasteiger partial charge in [0.05, 0.1) is 26.0 Å². The van der Waals surface area contributed by atoms with Crippen LogP contribution in [0, 0.1) is 0 Å². The number of hydrogen-bond acceptors (Lipinski definition) is 3. The maximum atomic E-state index is 5.62. The van der Waals surface area contributed by atoms with Gasteiger partial charge in [0.15, 0.2) is 5.96 Å². The van der Waals surface area contributed by atoms with Crippen molar-refractivity contribution in [2.75, 3.05) is 13.2 Å². The van der Waals surface area contributed by atoms with Gasteiger partial charge in [0.25, 0.3) is 0 Å². The number of benzene rings is 1. The minimum atomic E-state index is 0.559. The first-order valence-electron chi connectivity index (χ1n) is 7.58. The molecule has 0 saturated heterocycles. The predicted molar refractivity (Wildman–Crippen MR) is 88.0 cm³/mol. The molecule has 22 heavy (non-hydrogen) atoms. The molecule has 118 valence electrons. The molecule has 0 unspecified atom stereocenters. The molecule has 2 aromatic rings.